The molecule has 206 valence electrons. The average Bonchev–Trinajstić information content (AvgIpc) is 3.38. The summed E-state index contributed by atoms with van der Waals surface area (Å²) in [6, 6.07) is 17.8. The van der Waals surface area contributed by atoms with Gasteiger partial charge in [-0.2, -0.15) is 13.2 Å². The number of sulfone groups is 1. The Morgan fingerprint density at radius 3 is 2.10 bits per heavy atom. The van der Waals surface area contributed by atoms with Crippen LogP contribution in [0.5, 0.6) is 0 Å². The van der Waals surface area contributed by atoms with E-state index in [1.165, 1.54) is 31.2 Å². The number of rotatable bonds is 8. The van der Waals surface area contributed by atoms with Gasteiger partial charge >= 0.3 is 6.18 Å². The second-order valence-electron chi connectivity index (χ2n) is 9.61. The number of carbonyl (C=O) groups is 2. The maximum absolute atomic E-state index is 12.9. The van der Waals surface area contributed by atoms with Gasteiger partial charge in [-0.25, -0.2) is 8.42 Å². The van der Waals surface area contributed by atoms with Crippen LogP contribution < -0.4 is 10.2 Å². The molecule has 6 nitrogen and oxygen atoms in total. The molecule has 0 spiro atoms. The van der Waals surface area contributed by atoms with Crippen LogP contribution in [-0.2, 0) is 27.4 Å². The Hall–Kier alpha value is -3.66. The largest absolute Gasteiger partial charge is 0.416 e. The van der Waals surface area contributed by atoms with Gasteiger partial charge in [-0.15, -0.1) is 0 Å². The Morgan fingerprint density at radius 2 is 1.56 bits per heavy atom. The number of amides is 1. The summed E-state index contributed by atoms with van der Waals surface area (Å²) >= 11 is 0. The quantitative estimate of drug-likeness (QED) is 0.401. The first-order chi connectivity index (χ1) is 18.4. The van der Waals surface area contributed by atoms with Crippen LogP contribution >= 0.6 is 0 Å². The minimum atomic E-state index is -4.40. The third kappa shape index (κ3) is 6.50. The molecular formula is C29H29F3N2O4S. The number of hydrogen-bond donors (Lipinski definition) is 1. The SMILES string of the molecule is CCS(=O)(=O)c1ccc(CNC(=O)c2ccc(N3CC(c4ccc(C(F)(F)F)cc4)C[C@H]3C(C)=O)cc2)cc1. The number of anilines is 1. The normalized spacial score (nSPS) is 17.7. The average molecular weight is 559 g/mol. The second kappa shape index (κ2) is 11.2. The third-order valence-corrected chi connectivity index (χ3v) is 8.81. The van der Waals surface area contributed by atoms with E-state index in [2.05, 4.69) is 5.32 Å². The lowest BCUT2D eigenvalue weighted by Crippen LogP contribution is -2.34. The number of hydrogen-bond acceptors (Lipinski definition) is 5. The summed E-state index contributed by atoms with van der Waals surface area (Å²) in [4.78, 5) is 27.2. The molecule has 4 rings (SSSR count). The molecule has 1 unspecified atom stereocenters. The van der Waals surface area contributed by atoms with E-state index >= 15 is 0 Å². The summed E-state index contributed by atoms with van der Waals surface area (Å²) in [5.74, 6) is -0.440. The highest BCUT2D eigenvalue weighted by atomic mass is 32.2. The maximum atomic E-state index is 12.9. The monoisotopic (exact) mass is 558 g/mol. The summed E-state index contributed by atoms with van der Waals surface area (Å²) < 4.78 is 62.7. The smallest absolute Gasteiger partial charge is 0.361 e. The summed E-state index contributed by atoms with van der Waals surface area (Å²) in [6.45, 7) is 3.76. The van der Waals surface area contributed by atoms with Crippen molar-refractivity contribution in [3.8, 4) is 0 Å². The number of nitrogens with zero attached hydrogens (tertiary/aromatic N) is 1. The topological polar surface area (TPSA) is 83.6 Å². The molecule has 0 radical (unpaired) electrons. The van der Waals surface area contributed by atoms with Crippen LogP contribution in [0.2, 0.25) is 0 Å². The summed E-state index contributed by atoms with van der Waals surface area (Å²) in [5, 5.41) is 2.81. The predicted molar refractivity (Wildman–Crippen MR) is 142 cm³/mol. The fraction of sp³-hybridized carbons (Fsp3) is 0.310. The van der Waals surface area contributed by atoms with Gasteiger partial charge in [0.15, 0.2) is 15.6 Å². The molecule has 1 heterocycles. The fourth-order valence-electron chi connectivity index (χ4n) is 4.76. The lowest BCUT2D eigenvalue weighted by molar-refractivity contribution is -0.137. The molecule has 0 aromatic heterocycles. The first kappa shape index (κ1) is 28.4. The Labute approximate surface area is 225 Å². The molecule has 1 amide bonds. The molecule has 0 saturated carbocycles. The molecule has 0 aliphatic carbocycles. The molecule has 39 heavy (non-hydrogen) atoms. The highest BCUT2D eigenvalue weighted by Gasteiger charge is 2.36. The number of alkyl halides is 3. The van der Waals surface area contributed by atoms with Crippen molar-refractivity contribution < 1.29 is 31.2 Å². The van der Waals surface area contributed by atoms with E-state index in [0.717, 1.165) is 28.9 Å². The lowest BCUT2D eigenvalue weighted by Gasteiger charge is -2.25. The molecule has 3 aromatic rings. The van der Waals surface area contributed by atoms with Crippen molar-refractivity contribution >= 4 is 27.2 Å². The number of nitrogens with one attached hydrogen (secondary N) is 1. The van der Waals surface area contributed by atoms with Gasteiger partial charge in [0.05, 0.1) is 22.3 Å². The van der Waals surface area contributed by atoms with Crippen molar-refractivity contribution in [2.24, 2.45) is 0 Å². The Kier molecular flexibility index (Phi) is 8.15. The zero-order valence-electron chi connectivity index (χ0n) is 21.5. The van der Waals surface area contributed by atoms with Crippen LogP contribution in [-0.4, -0.2) is 38.4 Å². The van der Waals surface area contributed by atoms with E-state index < -0.39 is 27.6 Å². The number of halogens is 3. The first-order valence-corrected chi connectivity index (χ1v) is 14.2. The van der Waals surface area contributed by atoms with Crippen LogP contribution in [0.3, 0.4) is 0 Å². The van der Waals surface area contributed by atoms with Gasteiger partial charge in [0.2, 0.25) is 0 Å². The summed E-state index contributed by atoms with van der Waals surface area (Å²) in [5.41, 5.74) is 1.95. The van der Waals surface area contributed by atoms with Crippen molar-refractivity contribution in [1.29, 1.82) is 0 Å². The van der Waals surface area contributed by atoms with Gasteiger partial charge in [-0.3, -0.25) is 9.59 Å². The van der Waals surface area contributed by atoms with Crippen molar-refractivity contribution in [3.05, 3.63) is 95.1 Å². The minimum absolute atomic E-state index is 0.0133. The maximum Gasteiger partial charge on any atom is 0.416 e. The standard InChI is InChI=1S/C29H29F3N2O4S/c1-3-39(37,38)26-14-4-20(5-15-26)17-33-28(36)22-8-12-25(13-9-22)34-18-23(16-27(34)19(2)35)21-6-10-24(11-7-21)29(30,31)32/h4-15,23,27H,3,16-18H2,1-2H3,(H,33,36)/t23?,27-/m0/s1. The molecule has 3 aromatic carbocycles. The van der Waals surface area contributed by atoms with Crippen molar-refractivity contribution in [2.75, 3.05) is 17.2 Å². The molecule has 2 atom stereocenters. The van der Waals surface area contributed by atoms with Crippen molar-refractivity contribution in [2.45, 2.75) is 49.8 Å². The van der Waals surface area contributed by atoms with Gasteiger partial charge in [0.1, 0.15) is 0 Å². The predicted octanol–water partition coefficient (Wildman–Crippen LogP) is 5.38. The number of ketones is 1. The molecule has 1 fully saturated rings. The summed E-state index contributed by atoms with van der Waals surface area (Å²) in [7, 11) is -3.29. The Morgan fingerprint density at radius 1 is 0.949 bits per heavy atom. The minimum Gasteiger partial charge on any atom is -0.361 e. The van der Waals surface area contributed by atoms with Crippen LogP contribution in [0, 0.1) is 0 Å². The van der Waals surface area contributed by atoms with Gasteiger partial charge < -0.3 is 10.2 Å². The Bertz CT molecular complexity index is 1440. The molecule has 1 N–H and O–H groups in total. The van der Waals surface area contributed by atoms with Crippen LogP contribution in [0.25, 0.3) is 0 Å². The second-order valence-corrected chi connectivity index (χ2v) is 11.9. The van der Waals surface area contributed by atoms with E-state index in [0.29, 0.717) is 18.5 Å². The molecule has 1 aliphatic rings. The van der Waals surface area contributed by atoms with Crippen LogP contribution in [0.4, 0.5) is 18.9 Å². The van der Waals surface area contributed by atoms with Gasteiger partial charge in [0, 0.05) is 30.3 Å². The van der Waals surface area contributed by atoms with E-state index in [1.54, 1.807) is 43.3 Å². The van der Waals surface area contributed by atoms with Crippen LogP contribution in [0.15, 0.2) is 77.7 Å². The number of Topliss-reactive ketones (excluding diaryl/α,β-unsaturated/α-hetero) is 1. The van der Waals surface area contributed by atoms with Gasteiger partial charge in [0.25, 0.3) is 5.91 Å². The van der Waals surface area contributed by atoms with E-state index in [4.69, 9.17) is 0 Å². The highest BCUT2D eigenvalue weighted by molar-refractivity contribution is 7.91. The van der Waals surface area contributed by atoms with Gasteiger partial charge in [-0.05, 0) is 73.0 Å². The first-order valence-electron chi connectivity index (χ1n) is 12.5. The van der Waals surface area contributed by atoms with Crippen molar-refractivity contribution in [1.82, 2.24) is 5.32 Å². The number of benzene rings is 3. The molecule has 0 bridgehead atoms. The van der Waals surface area contributed by atoms with E-state index in [9.17, 15) is 31.2 Å². The zero-order chi connectivity index (χ0) is 28.4. The molecule has 10 heteroatoms. The van der Waals surface area contributed by atoms with E-state index in [1.807, 2.05) is 4.90 Å². The van der Waals surface area contributed by atoms with Crippen molar-refractivity contribution in [3.63, 3.8) is 0 Å². The van der Waals surface area contributed by atoms with Crippen LogP contribution in [0.1, 0.15) is 53.2 Å². The Balaban J connectivity index is 1.41. The fourth-order valence-corrected chi connectivity index (χ4v) is 5.65. The number of carbonyl (C=O) groups excluding carboxylic acids is 2. The lowest BCUT2D eigenvalue weighted by atomic mass is 9.94. The van der Waals surface area contributed by atoms with E-state index in [-0.39, 0.29) is 34.8 Å². The summed E-state index contributed by atoms with van der Waals surface area (Å²) in [6.07, 6.45) is -3.92. The molecule has 1 saturated heterocycles. The molecular weight excluding hydrogens is 529 g/mol. The zero-order valence-corrected chi connectivity index (χ0v) is 22.4. The third-order valence-electron chi connectivity index (χ3n) is 7.06. The van der Waals surface area contributed by atoms with Gasteiger partial charge in [-0.1, -0.05) is 31.2 Å². The molecule has 1 aliphatic heterocycles. The highest BCUT2D eigenvalue weighted by Crippen LogP contribution is 2.37.